The van der Waals surface area contributed by atoms with Crippen LogP contribution in [0.3, 0.4) is 0 Å². The molecule has 0 bridgehead atoms. The fourth-order valence-electron chi connectivity index (χ4n) is 2.55. The monoisotopic (exact) mass is 317 g/mol. The van der Waals surface area contributed by atoms with Gasteiger partial charge in [0.2, 0.25) is 0 Å². The maximum Gasteiger partial charge on any atom is 0.285 e. The summed E-state index contributed by atoms with van der Waals surface area (Å²) in [5.74, 6) is 0.680. The van der Waals surface area contributed by atoms with Crippen molar-refractivity contribution in [2.45, 2.75) is 12.5 Å². The first-order valence-corrected chi connectivity index (χ1v) is 6.97. The number of nitro groups is 1. The average Bonchev–Trinajstić information content (AvgIpc) is 2.54. The third-order valence-corrected chi connectivity index (χ3v) is 3.71. The van der Waals surface area contributed by atoms with E-state index < -0.39 is 10.5 Å². The number of rotatable bonds is 3. The Morgan fingerprint density at radius 3 is 2.87 bits per heavy atom. The lowest BCUT2D eigenvalue weighted by Gasteiger charge is -2.37. The second-order valence-electron chi connectivity index (χ2n) is 5.59. The zero-order valence-corrected chi connectivity index (χ0v) is 12.4. The van der Waals surface area contributed by atoms with Gasteiger partial charge in [-0.25, -0.2) is 9.63 Å². The highest BCUT2D eigenvalue weighted by atomic mass is 16.6. The molecule has 0 spiro atoms. The highest BCUT2D eigenvalue weighted by Gasteiger charge is 2.42. The van der Waals surface area contributed by atoms with E-state index in [9.17, 15) is 20.4 Å². The van der Waals surface area contributed by atoms with Gasteiger partial charge in [-0.15, -0.1) is 0 Å². The lowest BCUT2D eigenvalue weighted by atomic mass is 10.0. The van der Waals surface area contributed by atoms with Crippen molar-refractivity contribution in [3.05, 3.63) is 57.9 Å². The third-order valence-electron chi connectivity index (χ3n) is 3.71. The van der Waals surface area contributed by atoms with Crippen LogP contribution in [0.5, 0.6) is 5.75 Å². The zero-order chi connectivity index (χ0) is 16.6. The SMILES string of the molecule is CC1(CO)CN(c2cccc[n+]2[O-])c2cc([N+](=O)[O-])ccc2O1. The van der Waals surface area contributed by atoms with E-state index in [1.165, 1.54) is 24.4 Å². The molecule has 2 heterocycles. The predicted molar refractivity (Wildman–Crippen MR) is 81.6 cm³/mol. The number of aliphatic hydroxyl groups excluding tert-OH is 1. The number of aliphatic hydroxyl groups is 1. The first-order chi connectivity index (χ1) is 10.9. The summed E-state index contributed by atoms with van der Waals surface area (Å²) in [6.45, 7) is 1.64. The van der Waals surface area contributed by atoms with Gasteiger partial charge in [-0.2, -0.15) is 0 Å². The molecule has 8 heteroatoms. The molecule has 1 aromatic heterocycles. The Morgan fingerprint density at radius 2 is 2.22 bits per heavy atom. The van der Waals surface area contributed by atoms with Gasteiger partial charge in [0, 0.05) is 12.1 Å². The summed E-state index contributed by atoms with van der Waals surface area (Å²) in [5.41, 5.74) is -0.606. The summed E-state index contributed by atoms with van der Waals surface area (Å²) < 4.78 is 6.44. The van der Waals surface area contributed by atoms with Crippen LogP contribution >= 0.6 is 0 Å². The normalized spacial score (nSPS) is 19.8. The summed E-state index contributed by atoms with van der Waals surface area (Å²) >= 11 is 0. The van der Waals surface area contributed by atoms with Crippen molar-refractivity contribution in [2.75, 3.05) is 18.1 Å². The molecule has 1 atom stereocenters. The maximum atomic E-state index is 12.1. The number of aromatic nitrogens is 1. The highest BCUT2D eigenvalue weighted by molar-refractivity contribution is 5.70. The maximum absolute atomic E-state index is 12.1. The number of non-ortho nitro benzene ring substituents is 1. The van der Waals surface area contributed by atoms with Crippen LogP contribution in [0.15, 0.2) is 42.6 Å². The van der Waals surface area contributed by atoms with E-state index in [0.29, 0.717) is 22.0 Å². The van der Waals surface area contributed by atoms with Gasteiger partial charge in [-0.1, -0.05) is 6.07 Å². The van der Waals surface area contributed by atoms with Gasteiger partial charge in [0.05, 0.1) is 23.8 Å². The molecule has 0 aliphatic carbocycles. The van der Waals surface area contributed by atoms with E-state index in [-0.39, 0.29) is 18.8 Å². The minimum atomic E-state index is -0.925. The van der Waals surface area contributed by atoms with E-state index in [0.717, 1.165) is 0 Å². The minimum absolute atomic E-state index is 0.0988. The van der Waals surface area contributed by atoms with Gasteiger partial charge >= 0.3 is 0 Å². The van der Waals surface area contributed by atoms with Crippen molar-refractivity contribution in [3.8, 4) is 5.75 Å². The van der Waals surface area contributed by atoms with Crippen LogP contribution in [0, 0.1) is 15.3 Å². The Hall–Kier alpha value is -2.87. The molecule has 3 rings (SSSR count). The lowest BCUT2D eigenvalue weighted by molar-refractivity contribution is -0.592. The fourth-order valence-corrected chi connectivity index (χ4v) is 2.55. The van der Waals surface area contributed by atoms with Crippen LogP contribution in [0.2, 0.25) is 0 Å². The molecule has 1 aliphatic heterocycles. The molecule has 120 valence electrons. The Bertz CT molecular complexity index is 767. The standard InChI is InChI=1S/C15H15N3O5/c1-15(10-19)9-16(14-4-2-3-7-17(14)20)12-8-11(18(21)22)5-6-13(12)23-15/h2-8,19H,9-10H2,1H3. The highest BCUT2D eigenvalue weighted by Crippen LogP contribution is 2.41. The van der Waals surface area contributed by atoms with Gasteiger partial charge < -0.3 is 15.1 Å². The van der Waals surface area contributed by atoms with E-state index >= 15 is 0 Å². The van der Waals surface area contributed by atoms with Crippen molar-refractivity contribution in [1.29, 1.82) is 0 Å². The number of hydrogen-bond acceptors (Lipinski definition) is 6. The van der Waals surface area contributed by atoms with E-state index in [4.69, 9.17) is 4.74 Å². The van der Waals surface area contributed by atoms with E-state index in [1.807, 2.05) is 0 Å². The van der Waals surface area contributed by atoms with Crippen molar-refractivity contribution >= 4 is 17.2 Å². The van der Waals surface area contributed by atoms with Crippen LogP contribution in [0.25, 0.3) is 0 Å². The molecule has 1 N–H and O–H groups in total. The van der Waals surface area contributed by atoms with E-state index in [1.54, 1.807) is 30.0 Å². The topological polar surface area (TPSA) is 103 Å². The van der Waals surface area contributed by atoms with Gasteiger partial charge in [-0.3, -0.25) is 10.1 Å². The number of benzene rings is 1. The Kier molecular flexibility index (Phi) is 3.53. The minimum Gasteiger partial charge on any atom is -0.711 e. The van der Waals surface area contributed by atoms with Crippen molar-refractivity contribution in [3.63, 3.8) is 0 Å². The molecule has 2 aromatic rings. The second kappa shape index (κ2) is 5.40. The summed E-state index contributed by atoms with van der Waals surface area (Å²) in [5, 5.41) is 32.7. The number of nitrogens with zero attached hydrogens (tertiary/aromatic N) is 3. The lowest BCUT2D eigenvalue weighted by Crippen LogP contribution is -2.52. The molecule has 0 saturated heterocycles. The van der Waals surface area contributed by atoms with Crippen LogP contribution in [-0.2, 0) is 0 Å². The molecule has 0 radical (unpaired) electrons. The van der Waals surface area contributed by atoms with E-state index in [2.05, 4.69) is 0 Å². The number of nitro benzene ring substituents is 1. The zero-order valence-electron chi connectivity index (χ0n) is 12.4. The molecule has 1 aromatic carbocycles. The Morgan fingerprint density at radius 1 is 1.43 bits per heavy atom. The van der Waals surface area contributed by atoms with Gasteiger partial charge in [0.25, 0.3) is 11.5 Å². The molecule has 0 fully saturated rings. The van der Waals surface area contributed by atoms with Crippen molar-refractivity contribution in [1.82, 2.24) is 0 Å². The van der Waals surface area contributed by atoms with Gasteiger partial charge in [0.15, 0.2) is 17.0 Å². The molecule has 8 nitrogen and oxygen atoms in total. The molecule has 1 unspecified atom stereocenters. The summed E-state index contributed by atoms with van der Waals surface area (Å²) in [7, 11) is 0. The van der Waals surface area contributed by atoms with Crippen molar-refractivity contribution < 1.29 is 19.5 Å². The Labute approximate surface area is 131 Å². The largest absolute Gasteiger partial charge is 0.711 e. The summed E-state index contributed by atoms with van der Waals surface area (Å²) in [6.07, 6.45) is 1.35. The number of anilines is 2. The molecular weight excluding hydrogens is 302 g/mol. The Balaban J connectivity index is 2.17. The quantitative estimate of drug-likeness (QED) is 0.398. The smallest absolute Gasteiger partial charge is 0.285 e. The first-order valence-electron chi connectivity index (χ1n) is 6.97. The van der Waals surface area contributed by atoms with Crippen molar-refractivity contribution in [2.24, 2.45) is 0 Å². The summed E-state index contributed by atoms with van der Waals surface area (Å²) in [6, 6.07) is 9.07. The molecular formula is C15H15N3O5. The van der Waals surface area contributed by atoms with Gasteiger partial charge in [0.1, 0.15) is 6.54 Å². The van der Waals surface area contributed by atoms with Crippen LogP contribution < -0.4 is 14.4 Å². The number of fused-ring (bicyclic) bond motifs is 1. The number of hydrogen-bond donors (Lipinski definition) is 1. The number of ether oxygens (including phenoxy) is 1. The van der Waals surface area contributed by atoms with Crippen LogP contribution in [0.1, 0.15) is 6.92 Å². The fraction of sp³-hybridized carbons (Fsp3) is 0.267. The van der Waals surface area contributed by atoms with Crippen LogP contribution in [-0.4, -0.2) is 28.8 Å². The molecule has 0 saturated carbocycles. The first kappa shape index (κ1) is 15.0. The summed E-state index contributed by atoms with van der Waals surface area (Å²) in [4.78, 5) is 12.1. The third kappa shape index (κ3) is 2.64. The second-order valence-corrected chi connectivity index (χ2v) is 5.59. The molecule has 1 aliphatic rings. The predicted octanol–water partition coefficient (Wildman–Crippen LogP) is 1.51. The van der Waals surface area contributed by atoms with Crippen LogP contribution in [0.4, 0.5) is 17.2 Å². The molecule has 23 heavy (non-hydrogen) atoms. The van der Waals surface area contributed by atoms with Gasteiger partial charge in [-0.05, 0) is 19.1 Å². The molecule has 0 amide bonds. The average molecular weight is 317 g/mol. The number of pyridine rings is 1.